The molecule has 1 aliphatic rings. The van der Waals surface area contributed by atoms with Gasteiger partial charge in [-0.2, -0.15) is 0 Å². The molecule has 1 aliphatic heterocycles. The minimum Gasteiger partial charge on any atom is -0.399 e. The Balaban J connectivity index is 2.00. The summed E-state index contributed by atoms with van der Waals surface area (Å²) in [7, 11) is 0. The summed E-state index contributed by atoms with van der Waals surface area (Å²) < 4.78 is 13.7. The molecule has 0 spiro atoms. The first-order chi connectivity index (χ1) is 9.16. The van der Waals surface area contributed by atoms with E-state index < -0.39 is 5.82 Å². The Hall–Kier alpha value is -2.36. The fourth-order valence-corrected chi connectivity index (χ4v) is 2.40. The summed E-state index contributed by atoms with van der Waals surface area (Å²) >= 11 is 0. The molecular formula is C15H13FN2O. The van der Waals surface area contributed by atoms with Gasteiger partial charge in [-0.1, -0.05) is 18.2 Å². The van der Waals surface area contributed by atoms with E-state index in [1.165, 1.54) is 18.2 Å². The molecule has 4 heteroatoms. The van der Waals surface area contributed by atoms with Gasteiger partial charge in [-0.05, 0) is 36.2 Å². The van der Waals surface area contributed by atoms with Crippen molar-refractivity contribution in [3.8, 4) is 0 Å². The fraction of sp³-hybridized carbons (Fsp3) is 0.133. The second-order valence-corrected chi connectivity index (χ2v) is 4.57. The van der Waals surface area contributed by atoms with Crippen molar-refractivity contribution >= 4 is 17.3 Å². The van der Waals surface area contributed by atoms with Crippen LogP contribution in [0.1, 0.15) is 15.9 Å². The Morgan fingerprint density at radius 2 is 2.00 bits per heavy atom. The van der Waals surface area contributed by atoms with E-state index in [-0.39, 0.29) is 11.5 Å². The summed E-state index contributed by atoms with van der Waals surface area (Å²) in [6, 6.07) is 11.7. The lowest BCUT2D eigenvalue weighted by Gasteiger charge is -2.17. The number of nitrogen functional groups attached to an aromatic ring is 1. The van der Waals surface area contributed by atoms with Gasteiger partial charge in [-0.25, -0.2) is 4.39 Å². The zero-order valence-corrected chi connectivity index (χ0v) is 10.3. The van der Waals surface area contributed by atoms with Gasteiger partial charge in [0.05, 0.1) is 5.56 Å². The number of nitrogens with two attached hydrogens (primary N) is 1. The van der Waals surface area contributed by atoms with Gasteiger partial charge in [-0.3, -0.25) is 4.79 Å². The number of carbonyl (C=O) groups is 1. The van der Waals surface area contributed by atoms with Crippen molar-refractivity contribution in [1.82, 2.24) is 0 Å². The quantitative estimate of drug-likeness (QED) is 0.797. The highest BCUT2D eigenvalue weighted by Crippen LogP contribution is 2.29. The predicted octanol–water partition coefficient (Wildman–Crippen LogP) is 2.61. The molecule has 0 aromatic heterocycles. The van der Waals surface area contributed by atoms with Gasteiger partial charge in [0.25, 0.3) is 5.91 Å². The second kappa shape index (κ2) is 4.39. The number of hydrogen-bond donors (Lipinski definition) is 1. The van der Waals surface area contributed by atoms with Gasteiger partial charge in [0, 0.05) is 17.9 Å². The van der Waals surface area contributed by atoms with Crippen molar-refractivity contribution in [2.45, 2.75) is 6.42 Å². The van der Waals surface area contributed by atoms with Crippen LogP contribution >= 0.6 is 0 Å². The van der Waals surface area contributed by atoms with Crippen LogP contribution in [-0.4, -0.2) is 12.5 Å². The lowest BCUT2D eigenvalue weighted by atomic mass is 10.1. The Morgan fingerprint density at radius 3 is 2.84 bits per heavy atom. The van der Waals surface area contributed by atoms with Crippen molar-refractivity contribution in [3.05, 3.63) is 59.4 Å². The first-order valence-electron chi connectivity index (χ1n) is 6.11. The Bertz CT molecular complexity index is 654. The SMILES string of the molecule is Nc1ccc(F)c(C(=O)N2CCc3ccccc32)c1. The normalized spacial score (nSPS) is 13.4. The topological polar surface area (TPSA) is 46.3 Å². The molecule has 0 saturated carbocycles. The number of hydrogen-bond acceptors (Lipinski definition) is 2. The molecule has 3 nitrogen and oxygen atoms in total. The zero-order chi connectivity index (χ0) is 13.4. The Labute approximate surface area is 110 Å². The largest absolute Gasteiger partial charge is 0.399 e. The molecule has 0 bridgehead atoms. The van der Waals surface area contributed by atoms with E-state index in [2.05, 4.69) is 0 Å². The number of halogens is 1. The number of anilines is 2. The summed E-state index contributed by atoms with van der Waals surface area (Å²) in [6.07, 6.45) is 0.797. The second-order valence-electron chi connectivity index (χ2n) is 4.57. The highest BCUT2D eigenvalue weighted by atomic mass is 19.1. The van der Waals surface area contributed by atoms with Crippen molar-refractivity contribution in [2.24, 2.45) is 0 Å². The molecule has 1 heterocycles. The van der Waals surface area contributed by atoms with Crippen LogP contribution in [0.2, 0.25) is 0 Å². The van der Waals surface area contributed by atoms with E-state index in [0.717, 1.165) is 17.7 Å². The average Bonchev–Trinajstić information content (AvgIpc) is 2.84. The molecule has 0 aliphatic carbocycles. The summed E-state index contributed by atoms with van der Waals surface area (Å²) in [5.74, 6) is -0.877. The molecule has 2 N–H and O–H groups in total. The number of carbonyl (C=O) groups excluding carboxylic acids is 1. The van der Waals surface area contributed by atoms with Crippen LogP contribution in [-0.2, 0) is 6.42 Å². The van der Waals surface area contributed by atoms with E-state index in [0.29, 0.717) is 12.2 Å². The van der Waals surface area contributed by atoms with Gasteiger partial charge < -0.3 is 10.6 Å². The van der Waals surface area contributed by atoms with Gasteiger partial charge in [-0.15, -0.1) is 0 Å². The van der Waals surface area contributed by atoms with Crippen molar-refractivity contribution in [2.75, 3.05) is 17.2 Å². The van der Waals surface area contributed by atoms with Crippen LogP contribution in [0.5, 0.6) is 0 Å². The molecule has 2 aromatic carbocycles. The highest BCUT2D eigenvalue weighted by Gasteiger charge is 2.26. The third-order valence-electron chi connectivity index (χ3n) is 3.35. The minimum atomic E-state index is -0.538. The number of rotatable bonds is 1. The number of fused-ring (bicyclic) bond motifs is 1. The monoisotopic (exact) mass is 256 g/mol. The molecule has 0 radical (unpaired) electrons. The molecular weight excluding hydrogens is 243 g/mol. The maximum Gasteiger partial charge on any atom is 0.261 e. The van der Waals surface area contributed by atoms with Crippen LogP contribution in [0.4, 0.5) is 15.8 Å². The zero-order valence-electron chi connectivity index (χ0n) is 10.3. The average molecular weight is 256 g/mol. The van der Waals surface area contributed by atoms with Crippen LogP contribution < -0.4 is 10.6 Å². The molecule has 1 amide bonds. The lowest BCUT2D eigenvalue weighted by Crippen LogP contribution is -2.29. The fourth-order valence-electron chi connectivity index (χ4n) is 2.40. The molecule has 2 aromatic rings. The van der Waals surface area contributed by atoms with Crippen LogP contribution in [0.3, 0.4) is 0 Å². The van der Waals surface area contributed by atoms with Crippen LogP contribution in [0.25, 0.3) is 0 Å². The number of nitrogens with zero attached hydrogens (tertiary/aromatic N) is 1. The summed E-state index contributed by atoms with van der Waals surface area (Å²) in [6.45, 7) is 0.576. The maximum absolute atomic E-state index is 13.7. The van der Waals surface area contributed by atoms with Crippen molar-refractivity contribution < 1.29 is 9.18 Å². The smallest absolute Gasteiger partial charge is 0.261 e. The third kappa shape index (κ3) is 1.95. The summed E-state index contributed by atoms with van der Waals surface area (Å²) in [4.78, 5) is 14.0. The van der Waals surface area contributed by atoms with Crippen molar-refractivity contribution in [3.63, 3.8) is 0 Å². The summed E-state index contributed by atoms with van der Waals surface area (Å²) in [5.41, 5.74) is 8.00. The minimum absolute atomic E-state index is 0.0247. The molecule has 0 saturated heterocycles. The van der Waals surface area contributed by atoms with Crippen molar-refractivity contribution in [1.29, 1.82) is 0 Å². The van der Waals surface area contributed by atoms with E-state index in [1.54, 1.807) is 4.90 Å². The molecule has 3 rings (SSSR count). The highest BCUT2D eigenvalue weighted by molar-refractivity contribution is 6.07. The van der Waals surface area contributed by atoms with E-state index in [1.807, 2.05) is 24.3 Å². The van der Waals surface area contributed by atoms with Gasteiger partial charge in [0.1, 0.15) is 5.82 Å². The number of amides is 1. The molecule has 0 unspecified atom stereocenters. The predicted molar refractivity (Wildman–Crippen MR) is 72.6 cm³/mol. The van der Waals surface area contributed by atoms with E-state index in [9.17, 15) is 9.18 Å². The molecule has 0 fully saturated rings. The van der Waals surface area contributed by atoms with E-state index in [4.69, 9.17) is 5.73 Å². The van der Waals surface area contributed by atoms with Crippen LogP contribution in [0, 0.1) is 5.82 Å². The number of benzene rings is 2. The number of para-hydroxylation sites is 1. The van der Waals surface area contributed by atoms with Gasteiger partial charge in [0.15, 0.2) is 0 Å². The first-order valence-corrected chi connectivity index (χ1v) is 6.11. The lowest BCUT2D eigenvalue weighted by molar-refractivity contribution is 0.0985. The van der Waals surface area contributed by atoms with Gasteiger partial charge in [0.2, 0.25) is 0 Å². The molecule has 0 atom stereocenters. The van der Waals surface area contributed by atoms with Crippen LogP contribution in [0.15, 0.2) is 42.5 Å². The molecule has 96 valence electrons. The Morgan fingerprint density at radius 1 is 1.21 bits per heavy atom. The third-order valence-corrected chi connectivity index (χ3v) is 3.35. The van der Waals surface area contributed by atoms with Gasteiger partial charge >= 0.3 is 0 Å². The molecule has 19 heavy (non-hydrogen) atoms. The summed E-state index contributed by atoms with van der Waals surface area (Å²) in [5, 5.41) is 0. The maximum atomic E-state index is 13.7. The first kappa shape index (κ1) is 11.7. The standard InChI is InChI=1S/C15H13FN2O/c16-13-6-5-11(17)9-12(13)15(19)18-8-7-10-3-1-2-4-14(10)18/h1-6,9H,7-8,17H2. The van der Waals surface area contributed by atoms with E-state index >= 15 is 0 Å². The Kier molecular flexibility index (Phi) is 2.71.